The number of rotatable bonds is 8. The summed E-state index contributed by atoms with van der Waals surface area (Å²) < 4.78 is 13.1. The summed E-state index contributed by atoms with van der Waals surface area (Å²) in [6, 6.07) is 0. The molecule has 36 heavy (non-hydrogen) atoms. The molecule has 3 aliphatic carbocycles. The molecule has 0 heterocycles. The van der Waals surface area contributed by atoms with Gasteiger partial charge in [-0.25, -0.2) is 0 Å². The van der Waals surface area contributed by atoms with Crippen LogP contribution in [0.5, 0.6) is 0 Å². The molecule has 3 rings (SSSR count). The van der Waals surface area contributed by atoms with Crippen LogP contribution in [0, 0.1) is 17.3 Å². The van der Waals surface area contributed by atoms with Crippen LogP contribution in [0.15, 0.2) is 35.5 Å². The first-order valence-electron chi connectivity index (χ1n) is 14.6. The monoisotopic (exact) mass is 516 g/mol. The Morgan fingerprint density at radius 3 is 2.44 bits per heavy atom. The Balaban J connectivity index is 1.69. The van der Waals surface area contributed by atoms with Crippen LogP contribution < -0.4 is 0 Å². The SMILES string of the molecule is C=C1CCC(O[Si](C)(C)C(C)(C)C)C/C1=C\C=C1/CCC[C@@]2(C)C1CC[C@@H]2[C@H](C)OCCC(C)(C)O. The first kappa shape index (κ1) is 29.9. The molecule has 206 valence electrons. The van der Waals surface area contributed by atoms with Crippen LogP contribution in [0.4, 0.5) is 0 Å². The van der Waals surface area contributed by atoms with Gasteiger partial charge in [0.1, 0.15) is 0 Å². The highest BCUT2D eigenvalue weighted by atomic mass is 28.4. The Morgan fingerprint density at radius 1 is 1.11 bits per heavy atom. The van der Waals surface area contributed by atoms with Gasteiger partial charge in [0.2, 0.25) is 0 Å². The highest BCUT2D eigenvalue weighted by Gasteiger charge is 2.51. The maximum absolute atomic E-state index is 10.1. The molecule has 0 aromatic heterocycles. The van der Waals surface area contributed by atoms with E-state index in [4.69, 9.17) is 9.16 Å². The predicted molar refractivity (Wildman–Crippen MR) is 156 cm³/mol. The third-order valence-electron chi connectivity index (χ3n) is 10.1. The van der Waals surface area contributed by atoms with E-state index in [9.17, 15) is 5.11 Å². The van der Waals surface area contributed by atoms with Crippen LogP contribution in [0.2, 0.25) is 18.1 Å². The van der Waals surface area contributed by atoms with Crippen molar-refractivity contribution < 1.29 is 14.3 Å². The molecule has 0 radical (unpaired) electrons. The highest BCUT2D eigenvalue weighted by molar-refractivity contribution is 6.74. The molecule has 0 bridgehead atoms. The van der Waals surface area contributed by atoms with Gasteiger partial charge in [-0.15, -0.1) is 0 Å². The summed E-state index contributed by atoms with van der Waals surface area (Å²) in [5, 5.41) is 10.3. The molecule has 3 fully saturated rings. The smallest absolute Gasteiger partial charge is 0.192 e. The average Bonchev–Trinajstić information content (AvgIpc) is 3.09. The van der Waals surface area contributed by atoms with E-state index in [0.29, 0.717) is 36.4 Å². The lowest BCUT2D eigenvalue weighted by Crippen LogP contribution is -2.44. The Morgan fingerprint density at radius 2 is 1.81 bits per heavy atom. The quantitative estimate of drug-likeness (QED) is 0.328. The van der Waals surface area contributed by atoms with Crippen molar-refractivity contribution in [3.8, 4) is 0 Å². The molecule has 2 unspecified atom stereocenters. The molecule has 5 atom stereocenters. The van der Waals surface area contributed by atoms with Crippen molar-refractivity contribution in [1.29, 1.82) is 0 Å². The van der Waals surface area contributed by atoms with E-state index in [1.165, 1.54) is 43.3 Å². The zero-order chi connectivity index (χ0) is 26.9. The van der Waals surface area contributed by atoms with E-state index >= 15 is 0 Å². The zero-order valence-electron chi connectivity index (χ0n) is 25.0. The van der Waals surface area contributed by atoms with Crippen LogP contribution in [0.1, 0.15) is 106 Å². The fraction of sp³-hybridized carbons (Fsp3) is 0.812. The van der Waals surface area contributed by atoms with Crippen molar-refractivity contribution >= 4 is 8.32 Å². The van der Waals surface area contributed by atoms with Crippen LogP contribution in [0.3, 0.4) is 0 Å². The van der Waals surface area contributed by atoms with Crippen molar-refractivity contribution in [2.45, 2.75) is 142 Å². The first-order chi connectivity index (χ1) is 16.5. The second-order valence-electron chi connectivity index (χ2n) is 14.5. The van der Waals surface area contributed by atoms with Crippen LogP contribution in [0.25, 0.3) is 0 Å². The van der Waals surface area contributed by atoms with E-state index in [-0.39, 0.29) is 11.1 Å². The fourth-order valence-corrected chi connectivity index (χ4v) is 8.12. The maximum atomic E-state index is 10.1. The van der Waals surface area contributed by atoms with Gasteiger partial charge in [-0.3, -0.25) is 0 Å². The van der Waals surface area contributed by atoms with Gasteiger partial charge < -0.3 is 14.3 Å². The Bertz CT molecular complexity index is 840. The number of allylic oxidation sites excluding steroid dienone is 4. The van der Waals surface area contributed by atoms with Gasteiger partial charge in [0, 0.05) is 12.7 Å². The molecule has 0 spiro atoms. The lowest BCUT2D eigenvalue weighted by Gasteiger charge is -2.44. The highest BCUT2D eigenvalue weighted by Crippen LogP contribution is 2.58. The van der Waals surface area contributed by atoms with Crippen LogP contribution in [-0.4, -0.2) is 37.8 Å². The fourth-order valence-electron chi connectivity index (χ4n) is 6.74. The minimum absolute atomic E-state index is 0.242. The lowest BCUT2D eigenvalue weighted by molar-refractivity contribution is -0.0454. The van der Waals surface area contributed by atoms with Crippen LogP contribution in [-0.2, 0) is 9.16 Å². The molecule has 0 aromatic rings. The van der Waals surface area contributed by atoms with Gasteiger partial charge in [-0.1, -0.05) is 57.6 Å². The van der Waals surface area contributed by atoms with E-state index in [0.717, 1.165) is 19.3 Å². The van der Waals surface area contributed by atoms with Crippen molar-refractivity contribution in [2.75, 3.05) is 6.61 Å². The molecular weight excluding hydrogens is 460 g/mol. The first-order valence-corrected chi connectivity index (χ1v) is 17.5. The zero-order valence-corrected chi connectivity index (χ0v) is 26.0. The number of ether oxygens (including phenoxy) is 1. The number of aliphatic hydroxyl groups is 1. The normalized spacial score (nSPS) is 33.3. The third kappa shape index (κ3) is 7.04. The molecule has 4 heteroatoms. The van der Waals surface area contributed by atoms with Crippen molar-refractivity contribution in [1.82, 2.24) is 0 Å². The number of hydrogen-bond donors (Lipinski definition) is 1. The molecule has 3 aliphatic rings. The van der Waals surface area contributed by atoms with Gasteiger partial charge >= 0.3 is 0 Å². The summed E-state index contributed by atoms with van der Waals surface area (Å²) in [5.41, 5.74) is 4.01. The topological polar surface area (TPSA) is 38.7 Å². The summed E-state index contributed by atoms with van der Waals surface area (Å²) >= 11 is 0. The second-order valence-corrected chi connectivity index (χ2v) is 19.3. The Labute approximate surface area is 223 Å². The standard InChI is InChI=1S/C32H56O3Si/c1-23-13-16-27(35-36(9,10)30(3,4)5)22-26(23)15-14-25-12-11-19-32(8)28(17-18-29(25)32)24(2)34-21-20-31(6,7)33/h14-15,24,27-29,33H,1,11-13,16-22H2,2-10H3/b25-14+,26-15+/t24-,27?,28+,29?,32+/m0/s1. The molecule has 1 N–H and O–H groups in total. The molecule has 3 saturated carbocycles. The van der Waals surface area contributed by atoms with E-state index < -0.39 is 13.9 Å². The molecule has 3 nitrogen and oxygen atoms in total. The van der Waals surface area contributed by atoms with Crippen molar-refractivity contribution in [3.05, 3.63) is 35.5 Å². The second kappa shape index (κ2) is 11.2. The third-order valence-corrected chi connectivity index (χ3v) is 14.7. The summed E-state index contributed by atoms with van der Waals surface area (Å²) in [4.78, 5) is 0. The molecule has 0 aromatic carbocycles. The van der Waals surface area contributed by atoms with Crippen molar-refractivity contribution in [3.63, 3.8) is 0 Å². The Kier molecular flexibility index (Phi) is 9.29. The predicted octanol–water partition coefficient (Wildman–Crippen LogP) is 8.75. The summed E-state index contributed by atoms with van der Waals surface area (Å²) in [5.74, 6) is 1.25. The summed E-state index contributed by atoms with van der Waals surface area (Å²) in [6.07, 6.45) is 15.6. The van der Waals surface area contributed by atoms with Gasteiger partial charge in [0.25, 0.3) is 0 Å². The lowest BCUT2D eigenvalue weighted by atomic mass is 9.62. The van der Waals surface area contributed by atoms with Crippen LogP contribution >= 0.6 is 0 Å². The van der Waals surface area contributed by atoms with Gasteiger partial charge in [0.15, 0.2) is 8.32 Å². The van der Waals surface area contributed by atoms with E-state index in [1.54, 1.807) is 5.57 Å². The van der Waals surface area contributed by atoms with E-state index in [1.807, 2.05) is 13.8 Å². The summed E-state index contributed by atoms with van der Waals surface area (Å²) in [6.45, 7) is 25.3. The molecule has 0 saturated heterocycles. The van der Waals surface area contributed by atoms with E-state index in [2.05, 4.69) is 66.4 Å². The van der Waals surface area contributed by atoms with Crippen molar-refractivity contribution in [2.24, 2.45) is 17.3 Å². The Hall–Kier alpha value is -0.683. The van der Waals surface area contributed by atoms with Gasteiger partial charge in [-0.2, -0.15) is 0 Å². The minimum atomic E-state index is -1.76. The van der Waals surface area contributed by atoms with Gasteiger partial charge in [-0.05, 0) is 120 Å². The molecule has 0 amide bonds. The number of fused-ring (bicyclic) bond motifs is 1. The molecular formula is C32H56O3Si. The average molecular weight is 517 g/mol. The minimum Gasteiger partial charge on any atom is -0.414 e. The number of hydrogen-bond acceptors (Lipinski definition) is 3. The largest absolute Gasteiger partial charge is 0.414 e. The molecule has 0 aliphatic heterocycles. The maximum Gasteiger partial charge on any atom is 0.192 e. The van der Waals surface area contributed by atoms with Gasteiger partial charge in [0.05, 0.1) is 11.7 Å². The summed E-state index contributed by atoms with van der Waals surface area (Å²) in [7, 11) is -1.76.